The van der Waals surface area contributed by atoms with Gasteiger partial charge in [0.15, 0.2) is 0 Å². The highest BCUT2D eigenvalue weighted by molar-refractivity contribution is 5.25. The summed E-state index contributed by atoms with van der Waals surface area (Å²) in [6, 6.07) is 11.2. The summed E-state index contributed by atoms with van der Waals surface area (Å²) in [5.41, 5.74) is 5.25. The smallest absolute Gasteiger partial charge is 0.0628 e. The van der Waals surface area contributed by atoms with Gasteiger partial charge in [-0.05, 0) is 44.4 Å². The highest BCUT2D eigenvalue weighted by Crippen LogP contribution is 2.14. The van der Waals surface area contributed by atoms with Gasteiger partial charge in [-0.25, -0.2) is 0 Å². The third-order valence-corrected chi connectivity index (χ3v) is 3.91. The minimum Gasteiger partial charge on any atom is -0.314 e. The Morgan fingerprint density at radius 3 is 2.48 bits per heavy atom. The Hall–Kier alpha value is -1.61. The first-order valence-electron chi connectivity index (χ1n) is 7.88. The molecule has 0 saturated carbocycles. The van der Waals surface area contributed by atoms with Crippen LogP contribution < -0.4 is 5.32 Å². The van der Waals surface area contributed by atoms with E-state index in [-0.39, 0.29) is 0 Å². The normalized spacial score (nSPS) is 11.3. The van der Waals surface area contributed by atoms with Crippen LogP contribution in [0.5, 0.6) is 0 Å². The molecule has 0 bridgehead atoms. The fraction of sp³-hybridized carbons (Fsp3) is 0.500. The highest BCUT2D eigenvalue weighted by atomic mass is 15.3. The number of hydrogen-bond donors (Lipinski definition) is 1. The van der Waals surface area contributed by atoms with Crippen LogP contribution in [-0.2, 0) is 19.4 Å². The van der Waals surface area contributed by atoms with E-state index in [2.05, 4.69) is 68.0 Å². The van der Waals surface area contributed by atoms with E-state index in [1.54, 1.807) is 0 Å². The van der Waals surface area contributed by atoms with Crippen molar-refractivity contribution in [3.8, 4) is 0 Å². The van der Waals surface area contributed by atoms with Gasteiger partial charge in [0.05, 0.1) is 5.69 Å². The summed E-state index contributed by atoms with van der Waals surface area (Å²) in [4.78, 5) is 0. The molecule has 2 rings (SSSR count). The molecule has 0 aliphatic heterocycles. The third kappa shape index (κ3) is 4.43. The van der Waals surface area contributed by atoms with Crippen molar-refractivity contribution in [3.05, 3.63) is 52.8 Å². The van der Waals surface area contributed by atoms with Gasteiger partial charge in [-0.2, -0.15) is 5.10 Å². The standard InChI is InChI=1S/C18H27N3/c1-14(2)19-12-10-18-15(3)20-21(16(18)4)13-11-17-8-6-5-7-9-17/h5-9,14,19H,10-13H2,1-4H3. The molecule has 3 nitrogen and oxygen atoms in total. The van der Waals surface area contributed by atoms with Crippen LogP contribution in [0, 0.1) is 13.8 Å². The maximum absolute atomic E-state index is 4.71. The zero-order valence-corrected chi connectivity index (χ0v) is 13.7. The summed E-state index contributed by atoms with van der Waals surface area (Å²) in [6.45, 7) is 10.6. The zero-order valence-electron chi connectivity index (χ0n) is 13.7. The van der Waals surface area contributed by atoms with Crippen molar-refractivity contribution in [2.24, 2.45) is 0 Å². The first-order chi connectivity index (χ1) is 10.1. The van der Waals surface area contributed by atoms with Crippen LogP contribution in [0.25, 0.3) is 0 Å². The lowest BCUT2D eigenvalue weighted by Gasteiger charge is -2.09. The molecule has 0 amide bonds. The minimum atomic E-state index is 0.540. The van der Waals surface area contributed by atoms with E-state index in [9.17, 15) is 0 Å². The van der Waals surface area contributed by atoms with Gasteiger partial charge in [0.2, 0.25) is 0 Å². The van der Waals surface area contributed by atoms with Crippen LogP contribution in [0.15, 0.2) is 30.3 Å². The molecule has 2 aromatic rings. The van der Waals surface area contributed by atoms with E-state index in [1.165, 1.54) is 22.5 Å². The second kappa shape index (κ2) is 7.41. The van der Waals surface area contributed by atoms with Crippen molar-refractivity contribution in [2.45, 2.75) is 53.1 Å². The number of aromatic nitrogens is 2. The molecule has 0 fully saturated rings. The fourth-order valence-electron chi connectivity index (χ4n) is 2.68. The Morgan fingerprint density at radius 1 is 1.10 bits per heavy atom. The van der Waals surface area contributed by atoms with E-state index in [0.717, 1.165) is 25.9 Å². The Balaban J connectivity index is 1.98. The average Bonchev–Trinajstić information content (AvgIpc) is 2.73. The molecule has 0 saturated heterocycles. The molecule has 0 radical (unpaired) electrons. The zero-order chi connectivity index (χ0) is 15.2. The minimum absolute atomic E-state index is 0.540. The topological polar surface area (TPSA) is 29.9 Å². The number of rotatable bonds is 7. The van der Waals surface area contributed by atoms with Crippen LogP contribution in [0.1, 0.15) is 36.4 Å². The quantitative estimate of drug-likeness (QED) is 0.846. The fourth-order valence-corrected chi connectivity index (χ4v) is 2.68. The van der Waals surface area contributed by atoms with Gasteiger partial charge >= 0.3 is 0 Å². The van der Waals surface area contributed by atoms with Crippen LogP contribution in [0.4, 0.5) is 0 Å². The largest absolute Gasteiger partial charge is 0.314 e. The predicted octanol–water partition coefficient (Wildman–Crippen LogP) is 3.28. The third-order valence-electron chi connectivity index (χ3n) is 3.91. The summed E-state index contributed by atoms with van der Waals surface area (Å²) in [5.74, 6) is 0. The van der Waals surface area contributed by atoms with Crippen molar-refractivity contribution in [2.75, 3.05) is 6.54 Å². The van der Waals surface area contributed by atoms with E-state index in [4.69, 9.17) is 5.10 Å². The van der Waals surface area contributed by atoms with Crippen LogP contribution in [0.3, 0.4) is 0 Å². The molecule has 1 heterocycles. The van der Waals surface area contributed by atoms with Crippen LogP contribution >= 0.6 is 0 Å². The molecule has 1 aromatic heterocycles. The first-order valence-corrected chi connectivity index (χ1v) is 7.88. The number of aryl methyl sites for hydroxylation is 3. The molecule has 0 spiro atoms. The number of nitrogens with zero attached hydrogens (tertiary/aromatic N) is 2. The van der Waals surface area contributed by atoms with Crippen molar-refractivity contribution >= 4 is 0 Å². The SMILES string of the molecule is Cc1nn(CCc2ccccc2)c(C)c1CCNC(C)C. The summed E-state index contributed by atoms with van der Waals surface area (Å²) >= 11 is 0. The highest BCUT2D eigenvalue weighted by Gasteiger charge is 2.11. The predicted molar refractivity (Wildman–Crippen MR) is 88.7 cm³/mol. The lowest BCUT2D eigenvalue weighted by atomic mass is 10.1. The van der Waals surface area contributed by atoms with Crippen molar-refractivity contribution in [1.82, 2.24) is 15.1 Å². The van der Waals surface area contributed by atoms with Gasteiger partial charge in [0.25, 0.3) is 0 Å². The Morgan fingerprint density at radius 2 is 1.81 bits per heavy atom. The van der Waals surface area contributed by atoms with E-state index in [0.29, 0.717) is 6.04 Å². The molecule has 0 atom stereocenters. The average molecular weight is 285 g/mol. The van der Waals surface area contributed by atoms with Crippen molar-refractivity contribution < 1.29 is 0 Å². The lowest BCUT2D eigenvalue weighted by molar-refractivity contribution is 0.583. The van der Waals surface area contributed by atoms with Gasteiger partial charge in [-0.1, -0.05) is 44.2 Å². The van der Waals surface area contributed by atoms with E-state index >= 15 is 0 Å². The first kappa shape index (κ1) is 15.8. The summed E-state index contributed by atoms with van der Waals surface area (Å²) in [7, 11) is 0. The Bertz CT molecular complexity index is 555. The number of benzene rings is 1. The van der Waals surface area contributed by atoms with Crippen molar-refractivity contribution in [1.29, 1.82) is 0 Å². The van der Waals surface area contributed by atoms with Gasteiger partial charge in [0.1, 0.15) is 0 Å². The summed E-state index contributed by atoms with van der Waals surface area (Å²) < 4.78 is 2.16. The second-order valence-electron chi connectivity index (χ2n) is 5.97. The molecule has 1 aromatic carbocycles. The molecular formula is C18H27N3. The number of nitrogens with one attached hydrogen (secondary N) is 1. The summed E-state index contributed by atoms with van der Waals surface area (Å²) in [5, 5.41) is 8.19. The monoisotopic (exact) mass is 285 g/mol. The maximum Gasteiger partial charge on any atom is 0.0628 e. The van der Waals surface area contributed by atoms with Gasteiger partial charge < -0.3 is 5.32 Å². The molecule has 3 heteroatoms. The molecule has 1 N–H and O–H groups in total. The molecular weight excluding hydrogens is 258 g/mol. The van der Waals surface area contributed by atoms with Crippen LogP contribution in [-0.4, -0.2) is 22.4 Å². The van der Waals surface area contributed by atoms with Gasteiger partial charge in [-0.3, -0.25) is 4.68 Å². The molecule has 0 aliphatic rings. The molecule has 114 valence electrons. The molecule has 21 heavy (non-hydrogen) atoms. The molecule has 0 unspecified atom stereocenters. The number of hydrogen-bond acceptors (Lipinski definition) is 2. The Kier molecular flexibility index (Phi) is 5.57. The second-order valence-corrected chi connectivity index (χ2v) is 5.97. The lowest BCUT2D eigenvalue weighted by Crippen LogP contribution is -2.25. The van der Waals surface area contributed by atoms with E-state index < -0.39 is 0 Å². The Labute approximate surface area is 128 Å². The van der Waals surface area contributed by atoms with Crippen LogP contribution in [0.2, 0.25) is 0 Å². The van der Waals surface area contributed by atoms with E-state index in [1.807, 2.05) is 0 Å². The van der Waals surface area contributed by atoms with Crippen molar-refractivity contribution in [3.63, 3.8) is 0 Å². The molecule has 0 aliphatic carbocycles. The maximum atomic E-state index is 4.71. The van der Waals surface area contributed by atoms with Gasteiger partial charge in [-0.15, -0.1) is 0 Å². The van der Waals surface area contributed by atoms with Gasteiger partial charge in [0, 0.05) is 18.3 Å². The summed E-state index contributed by atoms with van der Waals surface area (Å²) in [6.07, 6.45) is 2.09.